The lowest BCUT2D eigenvalue weighted by atomic mass is 10.1. The average Bonchev–Trinajstić information content (AvgIpc) is 2.65. The standard InChI is InChI=1S/C12H15N3/c1-9-8-11(14-13-9)10-6-4-5-7-12(10)15(2)3/h4-8H,1-3H3,(H,13,14). The van der Waals surface area contributed by atoms with Gasteiger partial charge in [-0.05, 0) is 19.1 Å². The molecule has 0 aliphatic rings. The molecule has 2 rings (SSSR count). The van der Waals surface area contributed by atoms with Gasteiger partial charge >= 0.3 is 0 Å². The van der Waals surface area contributed by atoms with Crippen molar-refractivity contribution in [2.75, 3.05) is 19.0 Å². The number of para-hydroxylation sites is 1. The van der Waals surface area contributed by atoms with Gasteiger partial charge in [0.2, 0.25) is 0 Å². The van der Waals surface area contributed by atoms with Gasteiger partial charge in [0.1, 0.15) is 0 Å². The monoisotopic (exact) mass is 201 g/mol. The molecule has 1 aromatic heterocycles. The minimum absolute atomic E-state index is 1.01. The van der Waals surface area contributed by atoms with Gasteiger partial charge in [0, 0.05) is 25.3 Å². The Morgan fingerprint density at radius 1 is 1.20 bits per heavy atom. The van der Waals surface area contributed by atoms with Crippen LogP contribution in [0.1, 0.15) is 5.69 Å². The molecule has 0 radical (unpaired) electrons. The van der Waals surface area contributed by atoms with E-state index in [9.17, 15) is 0 Å². The zero-order chi connectivity index (χ0) is 10.8. The zero-order valence-corrected chi connectivity index (χ0v) is 9.28. The van der Waals surface area contributed by atoms with Crippen LogP contribution >= 0.6 is 0 Å². The summed E-state index contributed by atoms with van der Waals surface area (Å²) in [7, 11) is 4.09. The number of anilines is 1. The number of aromatic amines is 1. The Labute approximate surface area is 89.7 Å². The van der Waals surface area contributed by atoms with Crippen molar-refractivity contribution in [3.8, 4) is 11.3 Å². The summed E-state index contributed by atoms with van der Waals surface area (Å²) < 4.78 is 0. The molecule has 0 unspecified atom stereocenters. The summed E-state index contributed by atoms with van der Waals surface area (Å²) in [4.78, 5) is 2.10. The summed E-state index contributed by atoms with van der Waals surface area (Å²) in [6.07, 6.45) is 0. The van der Waals surface area contributed by atoms with E-state index in [0.29, 0.717) is 0 Å². The molecule has 2 aromatic rings. The smallest absolute Gasteiger partial charge is 0.0673 e. The fraction of sp³-hybridized carbons (Fsp3) is 0.250. The molecule has 1 aromatic carbocycles. The van der Waals surface area contributed by atoms with Gasteiger partial charge in [-0.15, -0.1) is 0 Å². The van der Waals surface area contributed by atoms with E-state index in [1.807, 2.05) is 33.2 Å². The summed E-state index contributed by atoms with van der Waals surface area (Å²) in [6, 6.07) is 10.3. The van der Waals surface area contributed by atoms with Gasteiger partial charge < -0.3 is 4.90 Å². The first-order valence-electron chi connectivity index (χ1n) is 4.97. The van der Waals surface area contributed by atoms with Gasteiger partial charge in [-0.2, -0.15) is 5.10 Å². The van der Waals surface area contributed by atoms with Gasteiger partial charge in [0.15, 0.2) is 0 Å². The molecular formula is C12H15N3. The Morgan fingerprint density at radius 2 is 1.93 bits per heavy atom. The molecule has 78 valence electrons. The number of hydrogen-bond donors (Lipinski definition) is 1. The van der Waals surface area contributed by atoms with Crippen LogP contribution in [-0.4, -0.2) is 24.3 Å². The van der Waals surface area contributed by atoms with Gasteiger partial charge in [-0.3, -0.25) is 5.10 Å². The van der Waals surface area contributed by atoms with Crippen molar-refractivity contribution >= 4 is 5.69 Å². The maximum atomic E-state index is 4.15. The number of benzene rings is 1. The lowest BCUT2D eigenvalue weighted by molar-refractivity contribution is 1.05. The van der Waals surface area contributed by atoms with Crippen LogP contribution in [0.25, 0.3) is 11.3 Å². The van der Waals surface area contributed by atoms with Crippen LogP contribution < -0.4 is 4.90 Å². The van der Waals surface area contributed by atoms with Crippen molar-refractivity contribution in [3.63, 3.8) is 0 Å². The first-order chi connectivity index (χ1) is 7.18. The minimum Gasteiger partial charge on any atom is -0.377 e. The summed E-state index contributed by atoms with van der Waals surface area (Å²) in [5.74, 6) is 0. The van der Waals surface area contributed by atoms with E-state index in [0.717, 1.165) is 11.4 Å². The number of aryl methyl sites for hydroxylation is 1. The summed E-state index contributed by atoms with van der Waals surface area (Å²) in [6.45, 7) is 1.98. The largest absolute Gasteiger partial charge is 0.377 e. The van der Waals surface area contributed by atoms with E-state index in [1.165, 1.54) is 11.3 Å². The number of nitrogens with zero attached hydrogens (tertiary/aromatic N) is 2. The van der Waals surface area contributed by atoms with E-state index in [4.69, 9.17) is 0 Å². The molecule has 3 heteroatoms. The van der Waals surface area contributed by atoms with Gasteiger partial charge in [-0.25, -0.2) is 0 Å². The normalized spacial score (nSPS) is 10.3. The lowest BCUT2D eigenvalue weighted by Gasteiger charge is -2.16. The van der Waals surface area contributed by atoms with E-state index in [1.54, 1.807) is 0 Å². The SMILES string of the molecule is Cc1cc(-c2ccccc2N(C)C)[nH]n1. The third kappa shape index (κ3) is 1.86. The Morgan fingerprint density at radius 3 is 2.53 bits per heavy atom. The Kier molecular flexibility index (Phi) is 2.46. The van der Waals surface area contributed by atoms with E-state index >= 15 is 0 Å². The quantitative estimate of drug-likeness (QED) is 0.809. The predicted molar refractivity (Wildman–Crippen MR) is 63.1 cm³/mol. The van der Waals surface area contributed by atoms with Crippen molar-refractivity contribution in [2.45, 2.75) is 6.92 Å². The van der Waals surface area contributed by atoms with Crippen LogP contribution in [0.4, 0.5) is 5.69 Å². The van der Waals surface area contributed by atoms with Crippen LogP contribution in [0.2, 0.25) is 0 Å². The molecule has 1 N–H and O–H groups in total. The number of H-pyrrole nitrogens is 1. The minimum atomic E-state index is 1.01. The van der Waals surface area contributed by atoms with Crippen LogP contribution in [0.15, 0.2) is 30.3 Å². The molecule has 1 heterocycles. The Balaban J connectivity index is 2.52. The molecule has 0 aliphatic carbocycles. The molecule has 0 aliphatic heterocycles. The van der Waals surface area contributed by atoms with Crippen LogP contribution in [-0.2, 0) is 0 Å². The van der Waals surface area contributed by atoms with Crippen molar-refractivity contribution in [3.05, 3.63) is 36.0 Å². The summed E-state index contributed by atoms with van der Waals surface area (Å²) in [5, 5.41) is 7.19. The van der Waals surface area contributed by atoms with Crippen molar-refractivity contribution in [1.82, 2.24) is 10.2 Å². The zero-order valence-electron chi connectivity index (χ0n) is 9.28. The average molecular weight is 201 g/mol. The van der Waals surface area contributed by atoms with Crippen molar-refractivity contribution < 1.29 is 0 Å². The Hall–Kier alpha value is -1.77. The van der Waals surface area contributed by atoms with Crippen LogP contribution in [0, 0.1) is 6.92 Å². The fourth-order valence-corrected chi connectivity index (χ4v) is 1.65. The molecule has 0 saturated heterocycles. The molecule has 0 fully saturated rings. The third-order valence-electron chi connectivity index (χ3n) is 2.38. The molecular weight excluding hydrogens is 186 g/mol. The highest BCUT2D eigenvalue weighted by atomic mass is 15.1. The predicted octanol–water partition coefficient (Wildman–Crippen LogP) is 2.45. The maximum absolute atomic E-state index is 4.15. The molecule has 3 nitrogen and oxygen atoms in total. The summed E-state index contributed by atoms with van der Waals surface area (Å²) >= 11 is 0. The highest BCUT2D eigenvalue weighted by Crippen LogP contribution is 2.28. The number of hydrogen-bond acceptors (Lipinski definition) is 2. The van der Waals surface area contributed by atoms with E-state index in [2.05, 4.69) is 33.3 Å². The highest BCUT2D eigenvalue weighted by molar-refractivity contribution is 5.76. The van der Waals surface area contributed by atoms with Crippen molar-refractivity contribution in [2.24, 2.45) is 0 Å². The number of nitrogens with one attached hydrogen (secondary N) is 1. The van der Waals surface area contributed by atoms with Gasteiger partial charge in [0.05, 0.1) is 11.4 Å². The number of rotatable bonds is 2. The fourth-order valence-electron chi connectivity index (χ4n) is 1.65. The first kappa shape index (κ1) is 9.77. The maximum Gasteiger partial charge on any atom is 0.0673 e. The Bertz CT molecular complexity index is 457. The third-order valence-corrected chi connectivity index (χ3v) is 2.38. The molecule has 15 heavy (non-hydrogen) atoms. The van der Waals surface area contributed by atoms with Gasteiger partial charge in [-0.1, -0.05) is 18.2 Å². The second-order valence-electron chi connectivity index (χ2n) is 3.83. The molecule has 0 saturated carbocycles. The molecule has 0 spiro atoms. The lowest BCUT2D eigenvalue weighted by Crippen LogP contribution is -2.09. The van der Waals surface area contributed by atoms with Crippen LogP contribution in [0.3, 0.4) is 0 Å². The second-order valence-corrected chi connectivity index (χ2v) is 3.83. The van der Waals surface area contributed by atoms with Crippen LogP contribution in [0.5, 0.6) is 0 Å². The highest BCUT2D eigenvalue weighted by Gasteiger charge is 2.07. The molecule has 0 atom stereocenters. The molecule has 0 amide bonds. The summed E-state index contributed by atoms with van der Waals surface area (Å²) in [5.41, 5.74) is 4.46. The van der Waals surface area contributed by atoms with E-state index < -0.39 is 0 Å². The van der Waals surface area contributed by atoms with E-state index in [-0.39, 0.29) is 0 Å². The molecule has 0 bridgehead atoms. The van der Waals surface area contributed by atoms with Crippen molar-refractivity contribution in [1.29, 1.82) is 0 Å². The first-order valence-corrected chi connectivity index (χ1v) is 4.97. The second kappa shape index (κ2) is 3.77. The number of aromatic nitrogens is 2. The van der Waals surface area contributed by atoms with Gasteiger partial charge in [0.25, 0.3) is 0 Å². The topological polar surface area (TPSA) is 31.9 Å².